The smallest absolute Gasteiger partial charge is 0.333 e. The van der Waals surface area contributed by atoms with Gasteiger partial charge in [-0.3, -0.25) is 0 Å². The molecule has 3 nitrogen and oxygen atoms in total. The van der Waals surface area contributed by atoms with E-state index in [1.54, 1.807) is 6.92 Å². The normalized spacial score (nSPS) is 10.8. The Morgan fingerprint density at radius 3 is 2.22 bits per heavy atom. The summed E-state index contributed by atoms with van der Waals surface area (Å²) < 4.78 is 5.23. The Balaban J connectivity index is 1.81. The fraction of sp³-hybridized carbons (Fsp3) is 0.276. The summed E-state index contributed by atoms with van der Waals surface area (Å²) in [6.07, 6.45) is 2.13. The number of benzene rings is 3. The molecule has 0 atom stereocenters. The molecule has 3 rings (SSSR count). The third-order valence-corrected chi connectivity index (χ3v) is 5.68. The molecular weight excluding hydrogens is 396 g/mol. The predicted molar refractivity (Wildman–Crippen MR) is 132 cm³/mol. The number of aliphatic hydroxyl groups excluding tert-OH is 1. The molecule has 3 aromatic rings. The number of hydrogen-bond donors (Lipinski definition) is 1. The first kappa shape index (κ1) is 23.5. The van der Waals surface area contributed by atoms with E-state index in [1.807, 2.05) is 0 Å². The molecule has 0 aliphatic carbocycles. The van der Waals surface area contributed by atoms with Crippen LogP contribution in [0, 0.1) is 13.8 Å². The summed E-state index contributed by atoms with van der Waals surface area (Å²) in [4.78, 5) is 11.6. The summed E-state index contributed by atoms with van der Waals surface area (Å²) in [6.45, 7) is 9.98. The van der Waals surface area contributed by atoms with Gasteiger partial charge in [-0.25, -0.2) is 4.79 Å². The van der Waals surface area contributed by atoms with Gasteiger partial charge in [-0.15, -0.1) is 0 Å². The average molecular weight is 429 g/mol. The minimum atomic E-state index is -0.348. The quantitative estimate of drug-likeness (QED) is 0.250. The van der Waals surface area contributed by atoms with E-state index in [2.05, 4.69) is 81.1 Å². The summed E-state index contributed by atoms with van der Waals surface area (Å²) in [5.74, 6) is -0.348. The SMILES string of the molecule is C=C(C)C(=O)OCCCc1cc(-c2ccc(-c3ccc(C)cc3)cc2C)ccc1CCO. The number of aliphatic hydroxyl groups is 1. The Bertz CT molecular complexity index is 1090. The highest BCUT2D eigenvalue weighted by molar-refractivity contribution is 5.86. The Morgan fingerprint density at radius 2 is 1.56 bits per heavy atom. The topological polar surface area (TPSA) is 46.5 Å². The second-order valence-corrected chi connectivity index (χ2v) is 8.37. The van der Waals surface area contributed by atoms with Crippen LogP contribution in [0.15, 0.2) is 72.8 Å². The standard InChI is InChI=1S/C29H32O3/c1-20(2)29(31)32-17-5-6-25-19-27(12-11-24(25)15-16-30)28-14-13-26(18-22(28)4)23-9-7-21(3)8-10-23/h7-14,18-19,30H,1,5-6,15-17H2,2-4H3. The van der Waals surface area contributed by atoms with E-state index in [0.29, 0.717) is 18.6 Å². The van der Waals surface area contributed by atoms with Crippen LogP contribution in [0.3, 0.4) is 0 Å². The lowest BCUT2D eigenvalue weighted by Crippen LogP contribution is -2.07. The molecule has 3 aromatic carbocycles. The molecular formula is C29H32O3. The molecule has 0 aliphatic heterocycles. The second kappa shape index (κ2) is 10.9. The third kappa shape index (κ3) is 5.95. The average Bonchev–Trinajstić information content (AvgIpc) is 2.78. The number of aryl methyl sites for hydroxylation is 3. The number of hydrogen-bond acceptors (Lipinski definition) is 3. The Kier molecular flexibility index (Phi) is 8.02. The molecule has 0 amide bonds. The van der Waals surface area contributed by atoms with Crippen LogP contribution in [-0.2, 0) is 22.4 Å². The van der Waals surface area contributed by atoms with Gasteiger partial charge in [0, 0.05) is 12.2 Å². The van der Waals surface area contributed by atoms with Crippen LogP contribution in [0.1, 0.15) is 35.6 Å². The van der Waals surface area contributed by atoms with E-state index in [4.69, 9.17) is 4.74 Å². The van der Waals surface area contributed by atoms with E-state index >= 15 is 0 Å². The predicted octanol–water partition coefficient (Wildman–Crippen LogP) is 6.22. The number of carbonyl (C=O) groups is 1. The van der Waals surface area contributed by atoms with Crippen LogP contribution < -0.4 is 0 Å². The molecule has 0 spiro atoms. The molecule has 0 fully saturated rings. The van der Waals surface area contributed by atoms with Crippen molar-refractivity contribution in [2.24, 2.45) is 0 Å². The van der Waals surface area contributed by atoms with E-state index in [-0.39, 0.29) is 12.6 Å². The summed E-state index contributed by atoms with van der Waals surface area (Å²) in [7, 11) is 0. The maximum Gasteiger partial charge on any atom is 0.333 e. The van der Waals surface area contributed by atoms with Crippen molar-refractivity contribution < 1.29 is 14.6 Å². The van der Waals surface area contributed by atoms with Crippen LogP contribution in [0.5, 0.6) is 0 Å². The molecule has 3 heteroatoms. The Hall–Kier alpha value is -3.17. The van der Waals surface area contributed by atoms with Crippen LogP contribution in [0.4, 0.5) is 0 Å². The summed E-state index contributed by atoms with van der Waals surface area (Å²) >= 11 is 0. The van der Waals surface area contributed by atoms with Crippen molar-refractivity contribution in [2.45, 2.75) is 40.0 Å². The highest BCUT2D eigenvalue weighted by Gasteiger charge is 2.10. The zero-order chi connectivity index (χ0) is 23.1. The van der Waals surface area contributed by atoms with Crippen molar-refractivity contribution in [3.63, 3.8) is 0 Å². The van der Waals surface area contributed by atoms with Crippen molar-refractivity contribution in [1.82, 2.24) is 0 Å². The zero-order valence-corrected chi connectivity index (χ0v) is 19.3. The van der Waals surface area contributed by atoms with Gasteiger partial charge in [-0.1, -0.05) is 72.8 Å². The molecule has 0 unspecified atom stereocenters. The molecule has 0 bridgehead atoms. The van der Waals surface area contributed by atoms with Gasteiger partial charge in [0.15, 0.2) is 0 Å². The molecule has 0 aliphatic rings. The van der Waals surface area contributed by atoms with Gasteiger partial charge in [-0.05, 0) is 79.0 Å². The molecule has 0 saturated heterocycles. The van der Waals surface area contributed by atoms with Crippen molar-refractivity contribution in [3.8, 4) is 22.3 Å². The molecule has 166 valence electrons. The Morgan fingerprint density at radius 1 is 0.875 bits per heavy atom. The third-order valence-electron chi connectivity index (χ3n) is 5.68. The van der Waals surface area contributed by atoms with E-state index in [1.165, 1.54) is 33.4 Å². The fourth-order valence-electron chi connectivity index (χ4n) is 3.85. The van der Waals surface area contributed by atoms with Gasteiger partial charge >= 0.3 is 5.97 Å². The lowest BCUT2D eigenvalue weighted by molar-refractivity contribution is -0.139. The van der Waals surface area contributed by atoms with Gasteiger partial charge in [-0.2, -0.15) is 0 Å². The maximum absolute atomic E-state index is 11.6. The van der Waals surface area contributed by atoms with Crippen molar-refractivity contribution in [1.29, 1.82) is 0 Å². The van der Waals surface area contributed by atoms with Gasteiger partial charge in [0.2, 0.25) is 0 Å². The number of ether oxygens (including phenoxy) is 1. The van der Waals surface area contributed by atoms with Gasteiger partial charge in [0.25, 0.3) is 0 Å². The molecule has 0 aromatic heterocycles. The van der Waals surface area contributed by atoms with E-state index < -0.39 is 0 Å². The van der Waals surface area contributed by atoms with Gasteiger partial charge in [0.1, 0.15) is 0 Å². The van der Waals surface area contributed by atoms with Crippen LogP contribution in [0.2, 0.25) is 0 Å². The molecule has 1 N–H and O–H groups in total. The minimum absolute atomic E-state index is 0.112. The molecule has 32 heavy (non-hydrogen) atoms. The van der Waals surface area contributed by atoms with Gasteiger partial charge in [0.05, 0.1) is 6.61 Å². The summed E-state index contributed by atoms with van der Waals surface area (Å²) in [5.41, 5.74) is 10.0. The summed E-state index contributed by atoms with van der Waals surface area (Å²) in [6, 6.07) is 21.6. The molecule has 0 saturated carbocycles. The monoisotopic (exact) mass is 428 g/mol. The highest BCUT2D eigenvalue weighted by Crippen LogP contribution is 2.30. The first-order chi connectivity index (χ1) is 15.4. The van der Waals surface area contributed by atoms with Gasteiger partial charge < -0.3 is 9.84 Å². The Labute approximate surface area is 191 Å². The number of carbonyl (C=O) groups excluding carboxylic acids is 1. The highest BCUT2D eigenvalue weighted by atomic mass is 16.5. The fourth-order valence-corrected chi connectivity index (χ4v) is 3.85. The van der Waals surface area contributed by atoms with Crippen molar-refractivity contribution in [2.75, 3.05) is 13.2 Å². The summed E-state index contributed by atoms with van der Waals surface area (Å²) in [5, 5.41) is 9.46. The number of rotatable bonds is 9. The zero-order valence-electron chi connectivity index (χ0n) is 19.3. The first-order valence-electron chi connectivity index (χ1n) is 11.1. The minimum Gasteiger partial charge on any atom is -0.462 e. The van der Waals surface area contributed by atoms with E-state index in [9.17, 15) is 9.90 Å². The van der Waals surface area contributed by atoms with Crippen LogP contribution in [-0.4, -0.2) is 24.3 Å². The van der Waals surface area contributed by atoms with Crippen molar-refractivity contribution in [3.05, 3.63) is 95.1 Å². The molecule has 0 radical (unpaired) electrons. The number of esters is 1. The first-order valence-corrected chi connectivity index (χ1v) is 11.1. The molecule has 0 heterocycles. The van der Waals surface area contributed by atoms with Crippen LogP contribution in [0.25, 0.3) is 22.3 Å². The lowest BCUT2D eigenvalue weighted by Gasteiger charge is -2.14. The van der Waals surface area contributed by atoms with Crippen molar-refractivity contribution >= 4 is 5.97 Å². The second-order valence-electron chi connectivity index (χ2n) is 8.37. The largest absolute Gasteiger partial charge is 0.462 e. The maximum atomic E-state index is 11.6. The van der Waals surface area contributed by atoms with Crippen LogP contribution >= 0.6 is 0 Å². The van der Waals surface area contributed by atoms with E-state index in [0.717, 1.165) is 24.0 Å². The lowest BCUT2D eigenvalue weighted by atomic mass is 9.91.